The van der Waals surface area contributed by atoms with Crippen molar-refractivity contribution in [1.29, 1.82) is 0 Å². The van der Waals surface area contributed by atoms with E-state index < -0.39 is 0 Å². The molecule has 0 fully saturated rings. The van der Waals surface area contributed by atoms with Gasteiger partial charge in [0.1, 0.15) is 0 Å². The van der Waals surface area contributed by atoms with Crippen LogP contribution < -0.4 is 0 Å². The molecule has 7 rings (SSSR count). The van der Waals surface area contributed by atoms with Crippen LogP contribution >= 0.6 is 11.3 Å². The van der Waals surface area contributed by atoms with Gasteiger partial charge in [-0.25, -0.2) is 9.97 Å². The number of thiophene rings is 1. The zero-order valence-corrected chi connectivity index (χ0v) is 20.8. The van der Waals surface area contributed by atoms with Crippen LogP contribution in [0, 0.1) is 0 Å². The standard InChI is InChI=1S/C34H22N2S/c1-4-11-23(12-5-1)26-19-20-31-28(21-26)33-27(17-10-18-32(33)37-31)34-35-29(24-13-6-2-7-14-24)22-30(36-34)25-15-8-3-9-16-25/h1-22H. The summed E-state index contributed by atoms with van der Waals surface area (Å²) < 4.78 is 2.51. The molecule has 0 aliphatic carbocycles. The summed E-state index contributed by atoms with van der Waals surface area (Å²) in [6.07, 6.45) is 0. The predicted octanol–water partition coefficient (Wildman–Crippen LogP) is 9.51. The zero-order valence-electron chi connectivity index (χ0n) is 20.0. The van der Waals surface area contributed by atoms with E-state index in [0.29, 0.717) is 0 Å². The van der Waals surface area contributed by atoms with Gasteiger partial charge in [0.25, 0.3) is 0 Å². The Hall–Kier alpha value is -4.60. The lowest BCUT2D eigenvalue weighted by molar-refractivity contribution is 1.19. The smallest absolute Gasteiger partial charge is 0.161 e. The van der Waals surface area contributed by atoms with Gasteiger partial charge in [0, 0.05) is 36.9 Å². The number of fused-ring (bicyclic) bond motifs is 3. The van der Waals surface area contributed by atoms with Crippen LogP contribution in [0.3, 0.4) is 0 Å². The monoisotopic (exact) mass is 490 g/mol. The molecule has 2 aromatic heterocycles. The molecule has 0 amide bonds. The van der Waals surface area contributed by atoms with Crippen LogP contribution in [0.1, 0.15) is 0 Å². The number of benzene rings is 5. The number of nitrogens with zero attached hydrogens (tertiary/aromatic N) is 2. The van der Waals surface area contributed by atoms with Crippen molar-refractivity contribution in [2.75, 3.05) is 0 Å². The van der Waals surface area contributed by atoms with Crippen molar-refractivity contribution >= 4 is 31.5 Å². The van der Waals surface area contributed by atoms with Crippen molar-refractivity contribution in [3.63, 3.8) is 0 Å². The van der Waals surface area contributed by atoms with Gasteiger partial charge >= 0.3 is 0 Å². The van der Waals surface area contributed by atoms with Gasteiger partial charge in [0.15, 0.2) is 5.82 Å². The van der Waals surface area contributed by atoms with Gasteiger partial charge < -0.3 is 0 Å². The maximum atomic E-state index is 5.11. The SMILES string of the molecule is c1ccc(-c2ccc3sc4cccc(-c5nc(-c6ccccc6)cc(-c6ccccc6)n5)c4c3c2)cc1. The van der Waals surface area contributed by atoms with Gasteiger partial charge in [-0.1, -0.05) is 109 Å². The summed E-state index contributed by atoms with van der Waals surface area (Å²) in [4.78, 5) is 10.2. The fraction of sp³-hybridized carbons (Fsp3) is 0. The molecule has 5 aromatic carbocycles. The quantitative estimate of drug-likeness (QED) is 0.245. The summed E-state index contributed by atoms with van der Waals surface area (Å²) in [5.41, 5.74) is 7.50. The van der Waals surface area contributed by atoms with Gasteiger partial charge in [-0.05, 0) is 35.4 Å². The minimum atomic E-state index is 0.746. The lowest BCUT2D eigenvalue weighted by Gasteiger charge is -2.10. The molecule has 3 heteroatoms. The topological polar surface area (TPSA) is 25.8 Å². The van der Waals surface area contributed by atoms with E-state index in [-0.39, 0.29) is 0 Å². The third kappa shape index (κ3) is 4.00. The summed E-state index contributed by atoms with van der Waals surface area (Å²) >= 11 is 1.82. The van der Waals surface area contributed by atoms with E-state index in [0.717, 1.165) is 33.9 Å². The van der Waals surface area contributed by atoms with Crippen molar-refractivity contribution in [2.24, 2.45) is 0 Å². The Kier molecular flexibility index (Phi) is 5.34. The van der Waals surface area contributed by atoms with Crippen LogP contribution in [0.4, 0.5) is 0 Å². The molecule has 0 spiro atoms. The molecule has 0 atom stereocenters. The van der Waals surface area contributed by atoms with Crippen molar-refractivity contribution in [3.05, 3.63) is 133 Å². The highest BCUT2D eigenvalue weighted by Gasteiger charge is 2.16. The van der Waals surface area contributed by atoms with Crippen molar-refractivity contribution in [3.8, 4) is 45.0 Å². The summed E-state index contributed by atoms with van der Waals surface area (Å²) in [7, 11) is 0. The van der Waals surface area contributed by atoms with Crippen LogP contribution in [-0.2, 0) is 0 Å². The van der Waals surface area contributed by atoms with Crippen LogP contribution in [0.2, 0.25) is 0 Å². The second-order valence-corrected chi connectivity index (χ2v) is 10.1. The Bertz CT molecular complexity index is 1800. The molecule has 2 nitrogen and oxygen atoms in total. The Labute approximate surface area is 219 Å². The maximum absolute atomic E-state index is 5.11. The van der Waals surface area contributed by atoms with Crippen molar-refractivity contribution in [1.82, 2.24) is 9.97 Å². The van der Waals surface area contributed by atoms with Crippen molar-refractivity contribution in [2.45, 2.75) is 0 Å². The fourth-order valence-corrected chi connectivity index (χ4v) is 6.02. The summed E-state index contributed by atoms with van der Waals surface area (Å²) in [5.74, 6) is 0.746. The molecule has 0 bridgehead atoms. The normalized spacial score (nSPS) is 11.2. The Morgan fingerprint density at radius 1 is 0.432 bits per heavy atom. The van der Waals surface area contributed by atoms with E-state index in [2.05, 4.69) is 121 Å². The average Bonchev–Trinajstić information content (AvgIpc) is 3.36. The number of aromatic nitrogens is 2. The van der Waals surface area contributed by atoms with Crippen LogP contribution in [0.25, 0.3) is 65.2 Å². The Morgan fingerprint density at radius 3 is 1.65 bits per heavy atom. The molecule has 0 saturated carbocycles. The molecule has 0 aliphatic heterocycles. The maximum Gasteiger partial charge on any atom is 0.161 e. The number of rotatable bonds is 4. The number of hydrogen-bond donors (Lipinski definition) is 0. The van der Waals surface area contributed by atoms with E-state index in [1.807, 2.05) is 23.5 Å². The number of hydrogen-bond acceptors (Lipinski definition) is 3. The summed E-state index contributed by atoms with van der Waals surface area (Å²) in [6, 6.07) is 46.6. The van der Waals surface area contributed by atoms with Gasteiger partial charge in [-0.2, -0.15) is 0 Å². The van der Waals surface area contributed by atoms with E-state index in [4.69, 9.17) is 9.97 Å². The van der Waals surface area contributed by atoms with E-state index >= 15 is 0 Å². The first-order valence-corrected chi connectivity index (χ1v) is 13.2. The first-order valence-electron chi connectivity index (χ1n) is 12.3. The van der Waals surface area contributed by atoms with Gasteiger partial charge in [-0.15, -0.1) is 11.3 Å². The van der Waals surface area contributed by atoms with Crippen molar-refractivity contribution < 1.29 is 0 Å². The highest BCUT2D eigenvalue weighted by molar-refractivity contribution is 7.25. The summed E-state index contributed by atoms with van der Waals surface area (Å²) in [5, 5.41) is 2.46. The molecule has 0 N–H and O–H groups in total. The molecular formula is C34H22N2S. The van der Waals surface area contributed by atoms with Gasteiger partial charge in [0.05, 0.1) is 11.4 Å². The van der Waals surface area contributed by atoms with E-state index in [1.165, 1.54) is 31.3 Å². The molecule has 0 unspecified atom stereocenters. The third-order valence-electron chi connectivity index (χ3n) is 6.71. The fourth-order valence-electron chi connectivity index (χ4n) is 4.90. The molecule has 0 radical (unpaired) electrons. The Balaban J connectivity index is 1.49. The minimum Gasteiger partial charge on any atom is -0.228 e. The lowest BCUT2D eigenvalue weighted by Crippen LogP contribution is -1.96. The highest BCUT2D eigenvalue weighted by atomic mass is 32.1. The molecule has 7 aromatic rings. The minimum absolute atomic E-state index is 0.746. The molecule has 37 heavy (non-hydrogen) atoms. The largest absolute Gasteiger partial charge is 0.228 e. The van der Waals surface area contributed by atoms with E-state index in [1.54, 1.807) is 0 Å². The van der Waals surface area contributed by atoms with Crippen LogP contribution in [-0.4, -0.2) is 9.97 Å². The average molecular weight is 491 g/mol. The van der Waals surface area contributed by atoms with E-state index in [9.17, 15) is 0 Å². The first kappa shape index (κ1) is 21.7. The van der Waals surface area contributed by atoms with Gasteiger partial charge in [0.2, 0.25) is 0 Å². The second-order valence-electron chi connectivity index (χ2n) is 9.05. The lowest BCUT2D eigenvalue weighted by atomic mass is 10.00. The van der Waals surface area contributed by atoms with Crippen LogP contribution in [0.15, 0.2) is 133 Å². The van der Waals surface area contributed by atoms with Gasteiger partial charge in [-0.3, -0.25) is 0 Å². The summed E-state index contributed by atoms with van der Waals surface area (Å²) in [6.45, 7) is 0. The molecule has 174 valence electrons. The molecule has 0 saturated heterocycles. The van der Waals surface area contributed by atoms with Crippen LogP contribution in [0.5, 0.6) is 0 Å². The predicted molar refractivity (Wildman–Crippen MR) is 157 cm³/mol. The Morgan fingerprint density at radius 2 is 1.03 bits per heavy atom. The molecule has 2 heterocycles. The molecular weight excluding hydrogens is 468 g/mol. The molecule has 0 aliphatic rings. The highest BCUT2D eigenvalue weighted by Crippen LogP contribution is 2.41. The zero-order chi connectivity index (χ0) is 24.6. The second kappa shape index (κ2) is 9.12. The first-order chi connectivity index (χ1) is 18.3. The third-order valence-corrected chi connectivity index (χ3v) is 7.84.